The van der Waals surface area contributed by atoms with Crippen molar-refractivity contribution in [1.82, 2.24) is 9.55 Å². The third-order valence-corrected chi connectivity index (χ3v) is 3.74. The van der Waals surface area contributed by atoms with Gasteiger partial charge in [-0.2, -0.15) is 0 Å². The predicted molar refractivity (Wildman–Crippen MR) is 82.9 cm³/mol. The van der Waals surface area contributed by atoms with Gasteiger partial charge in [0.25, 0.3) is 5.56 Å². The van der Waals surface area contributed by atoms with Gasteiger partial charge in [-0.05, 0) is 18.6 Å². The van der Waals surface area contributed by atoms with E-state index in [9.17, 15) is 9.59 Å². The molecular weight excluding hydrogens is 324 g/mol. The Bertz CT molecular complexity index is 736. The lowest BCUT2D eigenvalue weighted by molar-refractivity contribution is 0.706. The Morgan fingerprint density at radius 2 is 2.05 bits per heavy atom. The van der Waals surface area contributed by atoms with Crippen LogP contribution >= 0.6 is 15.9 Å². The van der Waals surface area contributed by atoms with Crippen LogP contribution in [0.15, 0.2) is 38.3 Å². The number of hydrogen-bond donors (Lipinski definition) is 3. The van der Waals surface area contributed by atoms with Crippen molar-refractivity contribution in [3.63, 3.8) is 0 Å². The summed E-state index contributed by atoms with van der Waals surface area (Å²) in [5, 5.41) is 2.98. The van der Waals surface area contributed by atoms with E-state index in [-0.39, 0.29) is 11.5 Å². The normalized spacial score (nSPS) is 10.5. The minimum atomic E-state index is -0.510. The molecule has 0 saturated heterocycles. The maximum absolute atomic E-state index is 11.8. The molecule has 4 N–H and O–H groups in total. The van der Waals surface area contributed by atoms with Crippen LogP contribution < -0.4 is 22.3 Å². The molecule has 0 aliphatic carbocycles. The van der Waals surface area contributed by atoms with Gasteiger partial charge in [0, 0.05) is 17.6 Å². The molecule has 1 aromatic heterocycles. The lowest BCUT2D eigenvalue weighted by atomic mass is 10.2. The van der Waals surface area contributed by atoms with Crippen LogP contribution in [0, 0.1) is 0 Å². The van der Waals surface area contributed by atoms with Gasteiger partial charge in [0.1, 0.15) is 11.5 Å². The smallest absolute Gasteiger partial charge is 0.330 e. The Balaban J connectivity index is 2.33. The number of benzene rings is 1. The molecule has 0 bridgehead atoms. The highest BCUT2D eigenvalue weighted by Gasteiger charge is 2.11. The zero-order valence-electron chi connectivity index (χ0n) is 10.9. The highest BCUT2D eigenvalue weighted by molar-refractivity contribution is 9.10. The molecule has 7 heteroatoms. The van der Waals surface area contributed by atoms with Gasteiger partial charge in [-0.25, -0.2) is 4.79 Å². The van der Waals surface area contributed by atoms with E-state index >= 15 is 0 Å². The lowest BCUT2D eigenvalue weighted by Gasteiger charge is -2.13. The van der Waals surface area contributed by atoms with Gasteiger partial charge in [0.2, 0.25) is 0 Å². The summed E-state index contributed by atoms with van der Waals surface area (Å²) >= 11 is 3.43. The molecule has 6 nitrogen and oxygen atoms in total. The molecule has 0 amide bonds. The van der Waals surface area contributed by atoms with Gasteiger partial charge in [-0.3, -0.25) is 14.3 Å². The fraction of sp³-hybridized carbons (Fsp3) is 0.231. The maximum Gasteiger partial charge on any atom is 0.330 e. The molecule has 2 rings (SSSR count). The van der Waals surface area contributed by atoms with Crippen LogP contribution in [0.25, 0.3) is 0 Å². The number of aromatic nitrogens is 2. The number of halogens is 1. The van der Waals surface area contributed by atoms with E-state index < -0.39 is 11.2 Å². The van der Waals surface area contributed by atoms with Crippen LogP contribution in [0.4, 0.5) is 11.5 Å². The van der Waals surface area contributed by atoms with E-state index in [1.807, 2.05) is 24.3 Å². The highest BCUT2D eigenvalue weighted by Crippen LogP contribution is 2.18. The van der Waals surface area contributed by atoms with Crippen molar-refractivity contribution in [3.05, 3.63) is 55.1 Å². The van der Waals surface area contributed by atoms with Crippen LogP contribution in [-0.2, 0) is 13.1 Å². The lowest BCUT2D eigenvalue weighted by Crippen LogP contribution is -2.33. The van der Waals surface area contributed by atoms with E-state index in [1.165, 1.54) is 4.57 Å². The van der Waals surface area contributed by atoms with Crippen molar-refractivity contribution < 1.29 is 0 Å². The van der Waals surface area contributed by atoms with E-state index in [0.717, 1.165) is 10.0 Å². The first-order valence-corrected chi connectivity index (χ1v) is 6.93. The summed E-state index contributed by atoms with van der Waals surface area (Å²) in [6.45, 7) is 2.61. The molecule has 106 valence electrons. The molecule has 1 heterocycles. The Morgan fingerprint density at radius 3 is 2.70 bits per heavy atom. The van der Waals surface area contributed by atoms with Gasteiger partial charge in [0.05, 0.1) is 0 Å². The van der Waals surface area contributed by atoms with Crippen LogP contribution in [0.3, 0.4) is 0 Å². The Kier molecular flexibility index (Phi) is 4.29. The van der Waals surface area contributed by atoms with Gasteiger partial charge in [0.15, 0.2) is 0 Å². The summed E-state index contributed by atoms with van der Waals surface area (Å²) in [7, 11) is 0. The van der Waals surface area contributed by atoms with Crippen LogP contribution in [0.2, 0.25) is 0 Å². The molecule has 1 aromatic carbocycles. The number of hydrogen-bond acceptors (Lipinski definition) is 4. The summed E-state index contributed by atoms with van der Waals surface area (Å²) in [5.41, 5.74) is 6.05. The molecule has 0 atom stereocenters. The third kappa shape index (κ3) is 2.77. The fourth-order valence-electron chi connectivity index (χ4n) is 1.90. The highest BCUT2D eigenvalue weighted by atomic mass is 79.9. The zero-order chi connectivity index (χ0) is 14.7. The number of nitrogens with zero attached hydrogens (tertiary/aromatic N) is 1. The second-order valence-corrected chi connectivity index (χ2v) is 5.06. The van der Waals surface area contributed by atoms with E-state index in [0.29, 0.717) is 13.1 Å². The van der Waals surface area contributed by atoms with Gasteiger partial charge in [-0.15, -0.1) is 0 Å². The van der Waals surface area contributed by atoms with Crippen molar-refractivity contribution in [3.8, 4) is 0 Å². The molecule has 0 aliphatic heterocycles. The summed E-state index contributed by atoms with van der Waals surface area (Å²) in [5.74, 6) is 0.147. The molecular formula is C13H15BrN4O2. The number of nitrogens with two attached hydrogens (primary N) is 1. The minimum absolute atomic E-state index is 0.147. The molecule has 0 spiro atoms. The first kappa shape index (κ1) is 14.4. The minimum Gasteiger partial charge on any atom is -0.383 e. The Morgan fingerprint density at radius 1 is 1.35 bits per heavy atom. The fourth-order valence-corrected chi connectivity index (χ4v) is 2.32. The van der Waals surface area contributed by atoms with Crippen molar-refractivity contribution >= 4 is 27.4 Å². The SMILES string of the molecule is CCn1c(N)c(NCc2ccccc2Br)c(=O)[nH]c1=O. The number of H-pyrrole nitrogens is 1. The zero-order valence-corrected chi connectivity index (χ0v) is 12.5. The molecule has 20 heavy (non-hydrogen) atoms. The number of rotatable bonds is 4. The van der Waals surface area contributed by atoms with Crippen molar-refractivity contribution in [1.29, 1.82) is 0 Å². The maximum atomic E-state index is 11.8. The largest absolute Gasteiger partial charge is 0.383 e. The van der Waals surface area contributed by atoms with Gasteiger partial charge >= 0.3 is 5.69 Å². The van der Waals surface area contributed by atoms with E-state index in [1.54, 1.807) is 6.92 Å². The first-order chi connectivity index (χ1) is 9.54. The summed E-state index contributed by atoms with van der Waals surface area (Å²) in [6.07, 6.45) is 0. The summed E-state index contributed by atoms with van der Waals surface area (Å²) < 4.78 is 2.25. The first-order valence-electron chi connectivity index (χ1n) is 6.14. The monoisotopic (exact) mass is 338 g/mol. The van der Waals surface area contributed by atoms with Crippen LogP contribution in [0.1, 0.15) is 12.5 Å². The topological polar surface area (TPSA) is 92.9 Å². The second kappa shape index (κ2) is 5.96. The predicted octanol–water partition coefficient (Wildman–Crippen LogP) is 1.51. The summed E-state index contributed by atoms with van der Waals surface area (Å²) in [4.78, 5) is 25.6. The van der Waals surface area contributed by atoms with Crippen molar-refractivity contribution in [2.75, 3.05) is 11.1 Å². The molecule has 0 saturated carbocycles. The molecule has 2 aromatic rings. The van der Waals surface area contributed by atoms with E-state index in [4.69, 9.17) is 5.73 Å². The average molecular weight is 339 g/mol. The Hall–Kier alpha value is -2.02. The molecule has 0 aliphatic rings. The number of nitrogen functional groups attached to an aromatic ring is 1. The number of anilines is 2. The van der Waals surface area contributed by atoms with Gasteiger partial charge in [-0.1, -0.05) is 34.1 Å². The third-order valence-electron chi connectivity index (χ3n) is 2.97. The van der Waals surface area contributed by atoms with Gasteiger partial charge < -0.3 is 11.1 Å². The summed E-state index contributed by atoms with van der Waals surface area (Å²) in [6, 6.07) is 7.66. The number of aromatic amines is 1. The standard InChI is InChI=1S/C13H15BrN4O2/c1-2-18-11(15)10(12(19)17-13(18)20)16-7-8-5-3-4-6-9(8)14/h3-6,16H,2,7,15H2,1H3,(H,17,19,20). The number of nitrogens with one attached hydrogen (secondary N) is 2. The van der Waals surface area contributed by atoms with Crippen LogP contribution in [-0.4, -0.2) is 9.55 Å². The quantitative estimate of drug-likeness (QED) is 0.787. The second-order valence-electron chi connectivity index (χ2n) is 4.21. The molecule has 0 radical (unpaired) electrons. The molecule has 0 unspecified atom stereocenters. The van der Waals surface area contributed by atoms with E-state index in [2.05, 4.69) is 26.2 Å². The van der Waals surface area contributed by atoms with Crippen LogP contribution in [0.5, 0.6) is 0 Å². The molecule has 0 fully saturated rings. The Labute approximate surface area is 123 Å². The van der Waals surface area contributed by atoms with Crippen molar-refractivity contribution in [2.24, 2.45) is 0 Å². The van der Waals surface area contributed by atoms with Crippen molar-refractivity contribution in [2.45, 2.75) is 20.0 Å². The average Bonchev–Trinajstić information content (AvgIpc) is 2.40.